The monoisotopic (exact) mass is 884 g/mol. The molecule has 0 fully saturated rings. The third kappa shape index (κ3) is 6.98. The maximum atomic E-state index is 7.27. The lowest BCUT2D eigenvalue weighted by Crippen LogP contribution is -2.25. The highest BCUT2D eigenvalue weighted by atomic mass is 16.5. The third-order valence-corrected chi connectivity index (χ3v) is 13.6. The van der Waals surface area contributed by atoms with Crippen LogP contribution >= 0.6 is 0 Å². The number of hydrogen-bond acceptors (Lipinski definition) is 5. The van der Waals surface area contributed by atoms with Crippen LogP contribution in [-0.2, 0) is 10.8 Å². The molecule has 8 aromatic carbocycles. The Bertz CT molecular complexity index is 3610. The second kappa shape index (κ2) is 15.8. The van der Waals surface area contributed by atoms with E-state index in [1.807, 2.05) is 12.3 Å². The zero-order valence-electron chi connectivity index (χ0n) is 39.3. The summed E-state index contributed by atoms with van der Waals surface area (Å²) >= 11 is 0. The first kappa shape index (κ1) is 41.3. The summed E-state index contributed by atoms with van der Waals surface area (Å²) in [6.07, 6.45) is 2.03. The van der Waals surface area contributed by atoms with E-state index in [1.165, 1.54) is 5.56 Å². The first-order valence-electron chi connectivity index (χ1n) is 23.5. The number of benzene rings is 8. The van der Waals surface area contributed by atoms with Gasteiger partial charge in [0.15, 0.2) is 0 Å². The molecule has 8 bridgehead atoms. The molecule has 0 aliphatic carbocycles. The standard InChI is InChI=1S/C62H52N4O2/c1-61(2,3)41-19-15-18-40(34-41)45-25-17-26-50-48-23-8-13-30-57(48)68-58-31-14-9-24-49(58)51-38-63-59(37-52(51)62(4,5)6)66-53-27-10-7-22-46(53)47-33-32-44(36-56(47)66)67-43-21-16-20-42(35-43)64-39-65(60(45)50)55-29-12-11-28-54(55)64/h7-38H,39H2,1-6H3. The van der Waals surface area contributed by atoms with Gasteiger partial charge in [0.05, 0.1) is 28.1 Å². The molecule has 0 unspecified atom stereocenters. The number of fused-ring (bicyclic) bond motifs is 5. The summed E-state index contributed by atoms with van der Waals surface area (Å²) in [5.41, 5.74) is 15.0. The fraction of sp³-hybridized carbons (Fsp3) is 0.145. The molecule has 6 nitrogen and oxygen atoms in total. The predicted octanol–water partition coefficient (Wildman–Crippen LogP) is 16.9. The molecule has 0 spiro atoms. The molecule has 0 N–H and O–H groups in total. The largest absolute Gasteiger partial charge is 0.457 e. The molecule has 68 heavy (non-hydrogen) atoms. The fourth-order valence-electron chi connectivity index (χ4n) is 10.3. The Balaban J connectivity index is 1.13. The molecule has 3 aliphatic heterocycles. The van der Waals surface area contributed by atoms with Gasteiger partial charge in [0.25, 0.3) is 0 Å². The van der Waals surface area contributed by atoms with E-state index < -0.39 is 0 Å². The molecule has 13 rings (SSSR count). The number of ether oxygens (including phenoxy) is 2. The molecule has 2 aromatic heterocycles. The molecule has 0 atom stereocenters. The number of hydrogen-bond donors (Lipinski definition) is 0. The molecule has 0 saturated heterocycles. The van der Waals surface area contributed by atoms with Gasteiger partial charge in [0, 0.05) is 62.6 Å². The number of para-hydroxylation sites is 6. The van der Waals surface area contributed by atoms with E-state index in [-0.39, 0.29) is 10.8 Å². The molecule has 6 heteroatoms. The van der Waals surface area contributed by atoms with Gasteiger partial charge in [-0.05, 0) is 88.2 Å². The zero-order valence-corrected chi connectivity index (χ0v) is 39.3. The summed E-state index contributed by atoms with van der Waals surface area (Å²) < 4.78 is 16.4. The van der Waals surface area contributed by atoms with Gasteiger partial charge in [0.2, 0.25) is 0 Å². The quantitative estimate of drug-likeness (QED) is 0.164. The Morgan fingerprint density at radius 3 is 1.87 bits per heavy atom. The van der Waals surface area contributed by atoms with Crippen molar-refractivity contribution in [1.82, 2.24) is 9.55 Å². The van der Waals surface area contributed by atoms with Gasteiger partial charge in [-0.25, -0.2) is 4.98 Å². The van der Waals surface area contributed by atoms with E-state index in [0.717, 1.165) is 112 Å². The maximum Gasteiger partial charge on any atom is 0.137 e. The molecule has 332 valence electrons. The normalized spacial score (nSPS) is 13.3. The number of aromatic nitrogens is 2. The van der Waals surface area contributed by atoms with Crippen LogP contribution in [0.5, 0.6) is 23.0 Å². The Labute approximate surface area is 398 Å². The molecule has 0 saturated carbocycles. The predicted molar refractivity (Wildman–Crippen MR) is 281 cm³/mol. The van der Waals surface area contributed by atoms with Crippen molar-refractivity contribution in [3.63, 3.8) is 0 Å². The average molecular weight is 885 g/mol. The minimum atomic E-state index is -0.247. The van der Waals surface area contributed by atoms with Crippen LogP contribution in [0.2, 0.25) is 0 Å². The van der Waals surface area contributed by atoms with E-state index in [9.17, 15) is 0 Å². The van der Waals surface area contributed by atoms with E-state index in [4.69, 9.17) is 14.5 Å². The Morgan fingerprint density at radius 1 is 0.456 bits per heavy atom. The Hall–Kier alpha value is -8.09. The lowest BCUT2D eigenvalue weighted by Gasteiger charge is -2.28. The lowest BCUT2D eigenvalue weighted by molar-refractivity contribution is 0.483. The van der Waals surface area contributed by atoms with E-state index >= 15 is 0 Å². The van der Waals surface area contributed by atoms with Crippen molar-refractivity contribution in [3.8, 4) is 62.2 Å². The highest BCUT2D eigenvalue weighted by Crippen LogP contribution is 2.52. The Morgan fingerprint density at radius 2 is 1.09 bits per heavy atom. The van der Waals surface area contributed by atoms with Crippen molar-refractivity contribution in [2.45, 2.75) is 52.4 Å². The van der Waals surface area contributed by atoms with Crippen LogP contribution in [0.25, 0.3) is 61.0 Å². The van der Waals surface area contributed by atoms with Crippen LogP contribution in [0.3, 0.4) is 0 Å². The van der Waals surface area contributed by atoms with Crippen molar-refractivity contribution in [3.05, 3.63) is 205 Å². The number of pyridine rings is 1. The van der Waals surface area contributed by atoms with Crippen molar-refractivity contribution in [2.24, 2.45) is 0 Å². The highest BCUT2D eigenvalue weighted by Gasteiger charge is 2.33. The molecular formula is C62H52N4O2. The van der Waals surface area contributed by atoms with E-state index in [2.05, 4.69) is 238 Å². The number of rotatable bonds is 1. The first-order valence-corrected chi connectivity index (χ1v) is 23.5. The molecular weight excluding hydrogens is 833 g/mol. The fourth-order valence-corrected chi connectivity index (χ4v) is 10.3. The smallest absolute Gasteiger partial charge is 0.137 e. The molecule has 3 aliphatic rings. The van der Waals surface area contributed by atoms with Crippen LogP contribution in [0.4, 0.5) is 22.7 Å². The second-order valence-electron chi connectivity index (χ2n) is 20.1. The van der Waals surface area contributed by atoms with Crippen LogP contribution < -0.4 is 19.3 Å². The van der Waals surface area contributed by atoms with Crippen molar-refractivity contribution < 1.29 is 9.47 Å². The summed E-state index contributed by atoms with van der Waals surface area (Å²) in [5, 5.41) is 2.29. The topological polar surface area (TPSA) is 42.8 Å². The van der Waals surface area contributed by atoms with Crippen LogP contribution in [0.1, 0.15) is 52.7 Å². The van der Waals surface area contributed by atoms with Gasteiger partial charge in [-0.1, -0.05) is 157 Å². The maximum absolute atomic E-state index is 7.27. The lowest BCUT2D eigenvalue weighted by atomic mass is 9.82. The van der Waals surface area contributed by atoms with Gasteiger partial charge in [-0.2, -0.15) is 0 Å². The second-order valence-corrected chi connectivity index (χ2v) is 20.1. The summed E-state index contributed by atoms with van der Waals surface area (Å²) in [7, 11) is 0. The van der Waals surface area contributed by atoms with Crippen molar-refractivity contribution in [1.29, 1.82) is 0 Å². The van der Waals surface area contributed by atoms with Gasteiger partial charge < -0.3 is 19.3 Å². The van der Waals surface area contributed by atoms with Gasteiger partial charge in [-0.15, -0.1) is 0 Å². The minimum absolute atomic E-state index is 0.0305. The summed E-state index contributed by atoms with van der Waals surface area (Å²) in [6, 6.07) is 67.0. The van der Waals surface area contributed by atoms with Gasteiger partial charge in [-0.3, -0.25) is 4.57 Å². The summed E-state index contributed by atoms with van der Waals surface area (Å²) in [5.74, 6) is 3.87. The van der Waals surface area contributed by atoms with Crippen molar-refractivity contribution >= 4 is 44.6 Å². The zero-order chi connectivity index (χ0) is 46.3. The van der Waals surface area contributed by atoms with E-state index in [0.29, 0.717) is 6.67 Å². The minimum Gasteiger partial charge on any atom is -0.457 e. The first-order chi connectivity index (χ1) is 33.0. The number of nitrogens with zero attached hydrogens (tertiary/aromatic N) is 4. The molecule has 10 aromatic rings. The average Bonchev–Trinajstić information content (AvgIpc) is 3.89. The van der Waals surface area contributed by atoms with Gasteiger partial charge in [0.1, 0.15) is 35.5 Å². The summed E-state index contributed by atoms with van der Waals surface area (Å²) in [4.78, 5) is 10.2. The number of anilines is 4. The summed E-state index contributed by atoms with van der Waals surface area (Å²) in [6.45, 7) is 14.2. The van der Waals surface area contributed by atoms with E-state index in [1.54, 1.807) is 0 Å². The van der Waals surface area contributed by atoms with Crippen LogP contribution in [-0.4, -0.2) is 16.2 Å². The molecule has 5 heterocycles. The van der Waals surface area contributed by atoms with Crippen molar-refractivity contribution in [2.75, 3.05) is 16.5 Å². The highest BCUT2D eigenvalue weighted by molar-refractivity contribution is 6.09. The van der Waals surface area contributed by atoms with Crippen LogP contribution in [0, 0.1) is 0 Å². The third-order valence-electron chi connectivity index (χ3n) is 13.6. The SMILES string of the molecule is CC(C)(C)c1cccc(-c2cccc3c2N2CN(c4cccc(c4)Oc4ccc5c6ccccc6n(c5c4)-c4cc(C(C)(C)C)c(cn4)-c4ccccc4Oc4ccccc4-3)c3ccccc32)c1. The van der Waals surface area contributed by atoms with Crippen LogP contribution in [0.15, 0.2) is 194 Å². The van der Waals surface area contributed by atoms with Gasteiger partial charge >= 0.3 is 0 Å². The molecule has 0 amide bonds. The Kier molecular flexibility index (Phi) is 9.59. The molecule has 0 radical (unpaired) electrons.